The van der Waals surface area contributed by atoms with Crippen LogP contribution in [0.15, 0.2) is 53.1 Å². The number of benzene rings is 2. The Morgan fingerprint density at radius 3 is 2.58 bits per heavy atom. The van der Waals surface area contributed by atoms with Crippen molar-refractivity contribution in [1.82, 2.24) is 10.5 Å². The minimum Gasteiger partial charge on any atom is -0.356 e. The molecule has 3 aromatic rings. The fourth-order valence-electron chi connectivity index (χ4n) is 2.09. The standard InChI is InChI=1S/C17H11ClF2N2O2/c18-11-3-1-10(2-4-11)16-8-13(22-24-16)9-21-17(23)14-6-5-12(19)7-15(14)20/h1-8H,9H2,(H,21,23). The van der Waals surface area contributed by atoms with Gasteiger partial charge in [0.25, 0.3) is 5.91 Å². The van der Waals surface area contributed by atoms with Crippen LogP contribution >= 0.6 is 11.6 Å². The summed E-state index contributed by atoms with van der Waals surface area (Å²) in [5, 5.41) is 6.95. The molecule has 0 fully saturated rings. The number of nitrogens with one attached hydrogen (secondary N) is 1. The third-order valence-corrected chi connectivity index (χ3v) is 3.55. The second-order valence-corrected chi connectivity index (χ2v) is 5.43. The van der Waals surface area contributed by atoms with Crippen molar-refractivity contribution >= 4 is 17.5 Å². The first-order valence-electron chi connectivity index (χ1n) is 6.98. The van der Waals surface area contributed by atoms with Crippen molar-refractivity contribution in [2.24, 2.45) is 0 Å². The molecule has 1 amide bonds. The lowest BCUT2D eigenvalue weighted by Gasteiger charge is -2.04. The van der Waals surface area contributed by atoms with Gasteiger partial charge in [0.2, 0.25) is 0 Å². The van der Waals surface area contributed by atoms with Crippen molar-refractivity contribution in [3.63, 3.8) is 0 Å². The van der Waals surface area contributed by atoms with Crippen molar-refractivity contribution < 1.29 is 18.1 Å². The number of amides is 1. The lowest BCUT2D eigenvalue weighted by molar-refractivity contribution is 0.0946. The molecule has 1 aromatic heterocycles. The summed E-state index contributed by atoms with van der Waals surface area (Å²) < 4.78 is 31.6. The van der Waals surface area contributed by atoms with Crippen LogP contribution < -0.4 is 5.32 Å². The first kappa shape index (κ1) is 16.1. The molecule has 0 bridgehead atoms. The van der Waals surface area contributed by atoms with Crippen LogP contribution in [0.3, 0.4) is 0 Å². The van der Waals surface area contributed by atoms with Gasteiger partial charge in [0.05, 0.1) is 12.1 Å². The van der Waals surface area contributed by atoms with Gasteiger partial charge < -0.3 is 9.84 Å². The smallest absolute Gasteiger partial charge is 0.254 e. The van der Waals surface area contributed by atoms with Gasteiger partial charge in [0.15, 0.2) is 5.76 Å². The molecule has 0 saturated heterocycles. The average Bonchev–Trinajstić information content (AvgIpc) is 3.02. The molecule has 24 heavy (non-hydrogen) atoms. The summed E-state index contributed by atoms with van der Waals surface area (Å²) in [6, 6.07) is 11.4. The van der Waals surface area contributed by atoms with E-state index in [2.05, 4.69) is 10.5 Å². The van der Waals surface area contributed by atoms with E-state index in [0.29, 0.717) is 22.5 Å². The lowest BCUT2D eigenvalue weighted by atomic mass is 10.1. The Morgan fingerprint density at radius 2 is 1.88 bits per heavy atom. The Labute approximate surface area is 141 Å². The molecule has 0 saturated carbocycles. The summed E-state index contributed by atoms with van der Waals surface area (Å²) in [6.45, 7) is 0.0484. The second-order valence-electron chi connectivity index (χ2n) is 5.00. The van der Waals surface area contributed by atoms with Crippen LogP contribution in [0.4, 0.5) is 8.78 Å². The maximum atomic E-state index is 13.5. The Bertz CT molecular complexity index is 879. The molecular weight excluding hydrogens is 338 g/mol. The monoisotopic (exact) mass is 348 g/mol. The highest BCUT2D eigenvalue weighted by molar-refractivity contribution is 6.30. The molecule has 0 radical (unpaired) electrons. The zero-order valence-electron chi connectivity index (χ0n) is 12.2. The van der Waals surface area contributed by atoms with E-state index in [0.717, 1.165) is 17.7 Å². The zero-order chi connectivity index (χ0) is 17.1. The molecule has 0 aliphatic carbocycles. The number of carbonyl (C=O) groups is 1. The van der Waals surface area contributed by atoms with Crippen LogP contribution in [0.25, 0.3) is 11.3 Å². The van der Waals surface area contributed by atoms with Crippen LogP contribution in [-0.4, -0.2) is 11.1 Å². The van der Waals surface area contributed by atoms with E-state index < -0.39 is 17.5 Å². The fraction of sp³-hybridized carbons (Fsp3) is 0.0588. The minimum absolute atomic E-state index is 0.0484. The van der Waals surface area contributed by atoms with Gasteiger partial charge in [-0.25, -0.2) is 8.78 Å². The van der Waals surface area contributed by atoms with Crippen LogP contribution in [0, 0.1) is 11.6 Å². The van der Waals surface area contributed by atoms with Gasteiger partial charge in [-0.05, 0) is 36.4 Å². The first-order chi connectivity index (χ1) is 11.5. The van der Waals surface area contributed by atoms with Gasteiger partial charge in [-0.1, -0.05) is 16.8 Å². The van der Waals surface area contributed by atoms with Gasteiger partial charge in [-0.3, -0.25) is 4.79 Å². The van der Waals surface area contributed by atoms with E-state index in [1.807, 2.05) is 0 Å². The van der Waals surface area contributed by atoms with Crippen molar-refractivity contribution in [1.29, 1.82) is 0 Å². The molecule has 0 atom stereocenters. The second kappa shape index (κ2) is 6.80. The van der Waals surface area contributed by atoms with E-state index in [9.17, 15) is 13.6 Å². The molecule has 0 spiro atoms. The van der Waals surface area contributed by atoms with Gasteiger partial charge in [0.1, 0.15) is 17.3 Å². The number of halogens is 3. The van der Waals surface area contributed by atoms with E-state index in [4.69, 9.17) is 16.1 Å². The summed E-state index contributed by atoms with van der Waals surface area (Å²) >= 11 is 5.82. The van der Waals surface area contributed by atoms with Gasteiger partial charge in [-0.2, -0.15) is 0 Å². The maximum Gasteiger partial charge on any atom is 0.254 e. The largest absolute Gasteiger partial charge is 0.356 e. The predicted molar refractivity (Wildman–Crippen MR) is 84.5 cm³/mol. The van der Waals surface area contributed by atoms with Crippen molar-refractivity contribution in [3.05, 3.63) is 76.4 Å². The molecule has 7 heteroatoms. The summed E-state index contributed by atoms with van der Waals surface area (Å²) in [5.74, 6) is -1.81. The topological polar surface area (TPSA) is 55.1 Å². The summed E-state index contributed by atoms with van der Waals surface area (Å²) in [4.78, 5) is 11.9. The zero-order valence-corrected chi connectivity index (χ0v) is 13.0. The van der Waals surface area contributed by atoms with E-state index in [1.165, 1.54) is 0 Å². The number of aromatic nitrogens is 1. The van der Waals surface area contributed by atoms with Crippen molar-refractivity contribution in [2.45, 2.75) is 6.54 Å². The highest BCUT2D eigenvalue weighted by Gasteiger charge is 2.13. The summed E-state index contributed by atoms with van der Waals surface area (Å²) in [7, 11) is 0. The summed E-state index contributed by atoms with van der Waals surface area (Å²) in [6.07, 6.45) is 0. The molecule has 4 nitrogen and oxygen atoms in total. The van der Waals surface area contributed by atoms with Gasteiger partial charge >= 0.3 is 0 Å². The van der Waals surface area contributed by atoms with Gasteiger partial charge in [0, 0.05) is 22.7 Å². The predicted octanol–water partition coefficient (Wildman–Crippen LogP) is 4.20. The number of hydrogen-bond acceptors (Lipinski definition) is 3. The van der Waals surface area contributed by atoms with Crippen molar-refractivity contribution in [3.8, 4) is 11.3 Å². The number of nitrogens with zero attached hydrogens (tertiary/aromatic N) is 1. The highest BCUT2D eigenvalue weighted by atomic mass is 35.5. The van der Waals surface area contributed by atoms with Crippen LogP contribution in [0.5, 0.6) is 0 Å². The fourth-order valence-corrected chi connectivity index (χ4v) is 2.21. The number of carbonyl (C=O) groups excluding carboxylic acids is 1. The van der Waals surface area contributed by atoms with Crippen molar-refractivity contribution in [2.75, 3.05) is 0 Å². The molecule has 1 heterocycles. The molecular formula is C17H11ClF2N2O2. The molecule has 0 aliphatic rings. The Hall–Kier alpha value is -2.73. The Balaban J connectivity index is 1.67. The average molecular weight is 349 g/mol. The number of rotatable bonds is 4. The molecule has 2 aromatic carbocycles. The third-order valence-electron chi connectivity index (χ3n) is 3.29. The Morgan fingerprint density at radius 1 is 1.12 bits per heavy atom. The van der Waals surface area contributed by atoms with E-state index >= 15 is 0 Å². The summed E-state index contributed by atoms with van der Waals surface area (Å²) in [5.41, 5.74) is 1.02. The van der Waals surface area contributed by atoms with E-state index in [1.54, 1.807) is 30.3 Å². The molecule has 0 aliphatic heterocycles. The SMILES string of the molecule is O=C(NCc1cc(-c2ccc(Cl)cc2)on1)c1ccc(F)cc1F. The minimum atomic E-state index is -0.922. The molecule has 1 N–H and O–H groups in total. The molecule has 0 unspecified atom stereocenters. The molecule has 3 rings (SSSR count). The maximum absolute atomic E-state index is 13.5. The molecule has 122 valence electrons. The highest BCUT2D eigenvalue weighted by Crippen LogP contribution is 2.22. The number of hydrogen-bond donors (Lipinski definition) is 1. The third kappa shape index (κ3) is 3.60. The van der Waals surface area contributed by atoms with Crippen LogP contribution in [0.2, 0.25) is 5.02 Å². The van der Waals surface area contributed by atoms with Crippen LogP contribution in [0.1, 0.15) is 16.1 Å². The van der Waals surface area contributed by atoms with E-state index in [-0.39, 0.29) is 12.1 Å². The lowest BCUT2D eigenvalue weighted by Crippen LogP contribution is -2.24. The first-order valence-corrected chi connectivity index (χ1v) is 7.35. The normalized spacial score (nSPS) is 10.6. The van der Waals surface area contributed by atoms with Gasteiger partial charge in [-0.15, -0.1) is 0 Å². The Kier molecular flexibility index (Phi) is 4.57. The quantitative estimate of drug-likeness (QED) is 0.768. The van der Waals surface area contributed by atoms with Crippen LogP contribution in [-0.2, 0) is 6.54 Å².